The fourth-order valence-electron chi connectivity index (χ4n) is 5.90. The predicted molar refractivity (Wildman–Crippen MR) is 92.2 cm³/mol. The number of ether oxygens (including phenoxy) is 1. The first kappa shape index (κ1) is 17.9. The molecule has 0 bridgehead atoms. The SMILES string of the molecule is C=C1CCC2[C@](C)(CC[C@H](O)[C@]2(C)CO)[C@H]1CC[C@@H]1CCOC1=O. The highest BCUT2D eigenvalue weighted by Crippen LogP contribution is 2.61. The van der Waals surface area contributed by atoms with Crippen LogP contribution >= 0.6 is 0 Å². The molecule has 4 heteroatoms. The first-order valence-electron chi connectivity index (χ1n) is 9.46. The van der Waals surface area contributed by atoms with Gasteiger partial charge >= 0.3 is 5.97 Å². The molecule has 3 aliphatic rings. The molecule has 1 unspecified atom stereocenters. The van der Waals surface area contributed by atoms with Crippen molar-refractivity contribution < 1.29 is 19.7 Å². The summed E-state index contributed by atoms with van der Waals surface area (Å²) >= 11 is 0. The van der Waals surface area contributed by atoms with Gasteiger partial charge in [-0.2, -0.15) is 0 Å². The van der Waals surface area contributed by atoms with E-state index >= 15 is 0 Å². The number of aliphatic hydroxyl groups is 2. The zero-order valence-electron chi connectivity index (χ0n) is 15.1. The van der Waals surface area contributed by atoms with Gasteiger partial charge in [0.25, 0.3) is 0 Å². The van der Waals surface area contributed by atoms with Crippen LogP contribution in [-0.4, -0.2) is 35.5 Å². The van der Waals surface area contributed by atoms with Crippen LogP contribution in [0.4, 0.5) is 0 Å². The number of rotatable bonds is 4. The Morgan fingerprint density at radius 1 is 1.25 bits per heavy atom. The van der Waals surface area contributed by atoms with Crippen molar-refractivity contribution in [1.29, 1.82) is 0 Å². The van der Waals surface area contributed by atoms with Gasteiger partial charge < -0.3 is 14.9 Å². The summed E-state index contributed by atoms with van der Waals surface area (Å²) in [6, 6.07) is 0. The predicted octanol–water partition coefficient (Wildman–Crippen LogP) is 3.07. The number of esters is 1. The van der Waals surface area contributed by atoms with Gasteiger partial charge in [0.05, 0.1) is 25.2 Å². The van der Waals surface area contributed by atoms with Gasteiger partial charge in [0.2, 0.25) is 0 Å². The summed E-state index contributed by atoms with van der Waals surface area (Å²) in [5, 5.41) is 20.5. The molecule has 3 fully saturated rings. The molecule has 0 aromatic heterocycles. The van der Waals surface area contributed by atoms with Crippen molar-refractivity contribution in [3.05, 3.63) is 12.2 Å². The average molecular weight is 336 g/mol. The Bertz CT molecular complexity index is 516. The highest BCUT2D eigenvalue weighted by atomic mass is 16.5. The smallest absolute Gasteiger partial charge is 0.309 e. The molecule has 136 valence electrons. The van der Waals surface area contributed by atoms with Crippen molar-refractivity contribution in [2.45, 2.75) is 64.9 Å². The van der Waals surface area contributed by atoms with E-state index in [2.05, 4.69) is 13.5 Å². The van der Waals surface area contributed by atoms with Crippen LogP contribution in [-0.2, 0) is 9.53 Å². The maximum Gasteiger partial charge on any atom is 0.309 e. The van der Waals surface area contributed by atoms with Crippen molar-refractivity contribution in [2.24, 2.45) is 28.6 Å². The highest BCUT2D eigenvalue weighted by molar-refractivity contribution is 5.74. The molecule has 0 spiro atoms. The van der Waals surface area contributed by atoms with E-state index in [1.54, 1.807) is 0 Å². The number of carbonyl (C=O) groups excluding carboxylic acids is 1. The lowest BCUT2D eigenvalue weighted by Gasteiger charge is -2.60. The average Bonchev–Trinajstić information content (AvgIpc) is 2.96. The van der Waals surface area contributed by atoms with Crippen LogP contribution in [0.1, 0.15) is 58.8 Å². The number of fused-ring (bicyclic) bond motifs is 1. The molecule has 0 aromatic rings. The molecule has 2 N–H and O–H groups in total. The largest absolute Gasteiger partial charge is 0.465 e. The monoisotopic (exact) mass is 336 g/mol. The first-order valence-corrected chi connectivity index (χ1v) is 9.46. The summed E-state index contributed by atoms with van der Waals surface area (Å²) in [5.41, 5.74) is 0.907. The van der Waals surface area contributed by atoms with Crippen LogP contribution in [0.3, 0.4) is 0 Å². The van der Waals surface area contributed by atoms with Gasteiger partial charge in [-0.05, 0) is 62.2 Å². The van der Waals surface area contributed by atoms with Gasteiger partial charge in [-0.1, -0.05) is 26.0 Å². The van der Waals surface area contributed by atoms with Crippen molar-refractivity contribution in [1.82, 2.24) is 0 Å². The number of hydrogen-bond acceptors (Lipinski definition) is 4. The van der Waals surface area contributed by atoms with Gasteiger partial charge in [0, 0.05) is 5.41 Å². The zero-order chi connectivity index (χ0) is 17.5. The van der Waals surface area contributed by atoms with Gasteiger partial charge in [0.1, 0.15) is 0 Å². The second kappa shape index (κ2) is 6.45. The lowest BCUT2D eigenvalue weighted by Crippen LogP contribution is -2.57. The minimum Gasteiger partial charge on any atom is -0.465 e. The van der Waals surface area contributed by atoms with Crippen LogP contribution in [0.5, 0.6) is 0 Å². The second-order valence-corrected chi connectivity index (χ2v) is 8.76. The minimum atomic E-state index is -0.433. The summed E-state index contributed by atoms with van der Waals surface area (Å²) in [7, 11) is 0. The second-order valence-electron chi connectivity index (χ2n) is 8.76. The maximum absolute atomic E-state index is 11.8. The van der Waals surface area contributed by atoms with E-state index in [-0.39, 0.29) is 23.9 Å². The maximum atomic E-state index is 11.8. The highest BCUT2D eigenvalue weighted by Gasteiger charge is 2.57. The molecule has 1 heterocycles. The quantitative estimate of drug-likeness (QED) is 0.611. The Labute approximate surface area is 145 Å². The topological polar surface area (TPSA) is 66.8 Å². The van der Waals surface area contributed by atoms with E-state index in [0.717, 1.165) is 44.9 Å². The summed E-state index contributed by atoms with van der Waals surface area (Å²) < 4.78 is 5.10. The minimum absolute atomic E-state index is 0.0303. The Hall–Kier alpha value is -0.870. The van der Waals surface area contributed by atoms with E-state index in [1.807, 2.05) is 6.92 Å². The van der Waals surface area contributed by atoms with E-state index in [1.165, 1.54) is 5.57 Å². The summed E-state index contributed by atoms with van der Waals surface area (Å²) in [6.07, 6.45) is 5.88. The molecule has 1 saturated heterocycles. The number of allylic oxidation sites excluding steroid dienone is 1. The normalized spacial score (nSPS) is 45.8. The van der Waals surface area contributed by atoms with E-state index < -0.39 is 11.5 Å². The molecular weight excluding hydrogens is 304 g/mol. The summed E-state index contributed by atoms with van der Waals surface area (Å²) in [5.74, 6) is 0.658. The van der Waals surface area contributed by atoms with Gasteiger partial charge in [0.15, 0.2) is 0 Å². The summed E-state index contributed by atoms with van der Waals surface area (Å²) in [4.78, 5) is 11.8. The van der Waals surface area contributed by atoms with E-state index in [4.69, 9.17) is 4.74 Å². The van der Waals surface area contributed by atoms with E-state index in [0.29, 0.717) is 18.4 Å². The Kier molecular flexibility index (Phi) is 4.82. The molecule has 0 radical (unpaired) electrons. The molecular formula is C20H32O4. The fraction of sp³-hybridized carbons (Fsp3) is 0.850. The molecule has 2 saturated carbocycles. The standard InChI is InChI=1S/C20H32O4/c1-13-4-7-16-19(2,10-8-17(22)20(16,3)12-21)15(13)6-5-14-9-11-24-18(14)23/h14-17,21-22H,1,4-12H2,2-3H3/t14-,15+,16?,17+,19-,20-/m1/s1. The Balaban J connectivity index is 1.80. The number of carbonyl (C=O) groups is 1. The van der Waals surface area contributed by atoms with Crippen LogP contribution in [0.25, 0.3) is 0 Å². The molecule has 0 aromatic carbocycles. The lowest BCUT2D eigenvalue weighted by atomic mass is 9.46. The van der Waals surface area contributed by atoms with Gasteiger partial charge in [-0.15, -0.1) is 0 Å². The van der Waals surface area contributed by atoms with Crippen molar-refractivity contribution in [2.75, 3.05) is 13.2 Å². The molecule has 4 nitrogen and oxygen atoms in total. The van der Waals surface area contributed by atoms with E-state index in [9.17, 15) is 15.0 Å². The molecule has 2 aliphatic carbocycles. The molecule has 24 heavy (non-hydrogen) atoms. The van der Waals surface area contributed by atoms with Crippen LogP contribution in [0.15, 0.2) is 12.2 Å². The molecule has 1 aliphatic heterocycles. The molecule has 0 amide bonds. The van der Waals surface area contributed by atoms with Gasteiger partial charge in [-0.3, -0.25) is 4.79 Å². The third kappa shape index (κ3) is 2.72. The van der Waals surface area contributed by atoms with Crippen LogP contribution in [0.2, 0.25) is 0 Å². The third-order valence-corrected chi connectivity index (χ3v) is 7.54. The van der Waals surface area contributed by atoms with Crippen molar-refractivity contribution in [3.8, 4) is 0 Å². The number of cyclic esters (lactones) is 1. The fourth-order valence-corrected chi connectivity index (χ4v) is 5.90. The number of hydrogen-bond donors (Lipinski definition) is 2. The zero-order valence-corrected chi connectivity index (χ0v) is 15.1. The third-order valence-electron chi connectivity index (χ3n) is 7.54. The molecule has 3 rings (SSSR count). The van der Waals surface area contributed by atoms with Crippen molar-refractivity contribution >= 4 is 5.97 Å². The van der Waals surface area contributed by atoms with Crippen LogP contribution in [0, 0.1) is 28.6 Å². The Morgan fingerprint density at radius 3 is 2.62 bits per heavy atom. The number of aliphatic hydroxyl groups excluding tert-OH is 2. The Morgan fingerprint density at radius 2 is 2.00 bits per heavy atom. The summed E-state index contributed by atoms with van der Waals surface area (Å²) in [6.45, 7) is 9.30. The van der Waals surface area contributed by atoms with Crippen LogP contribution < -0.4 is 0 Å². The first-order chi connectivity index (χ1) is 11.3. The lowest BCUT2D eigenvalue weighted by molar-refractivity contribution is -0.153. The van der Waals surface area contributed by atoms with Crippen molar-refractivity contribution in [3.63, 3.8) is 0 Å². The van der Waals surface area contributed by atoms with Gasteiger partial charge in [-0.25, -0.2) is 0 Å². The molecule has 6 atom stereocenters.